The van der Waals surface area contributed by atoms with Crippen LogP contribution >= 0.6 is 0 Å². The zero-order chi connectivity index (χ0) is 19.3. The molecule has 0 nitrogen and oxygen atoms in total. The molecule has 0 amide bonds. The third-order valence-electron chi connectivity index (χ3n) is 3.79. The molecule has 1 heteroatoms. The fourth-order valence-corrected chi connectivity index (χ4v) is 2.68. The summed E-state index contributed by atoms with van der Waals surface area (Å²) in [5.74, 6) is 0. The van der Waals surface area contributed by atoms with Gasteiger partial charge in [-0.25, -0.2) is 24.3 Å². The minimum Gasteiger partial charge on any atom is -0.273 e. The molecule has 3 aliphatic rings. The van der Waals surface area contributed by atoms with Crippen molar-refractivity contribution in [1.82, 2.24) is 0 Å². The number of hydrogen-bond donors (Lipinski definition) is 0. The molecule has 136 valence electrons. The zero-order valence-electron chi connectivity index (χ0n) is 16.1. The maximum atomic E-state index is 3.30. The van der Waals surface area contributed by atoms with E-state index >= 15 is 0 Å². The molecule has 0 unspecified atom stereocenters. The van der Waals surface area contributed by atoms with Crippen LogP contribution in [-0.2, 0) is 30.7 Å². The Hall–Kier alpha value is -1.85. The van der Waals surface area contributed by atoms with E-state index in [2.05, 4.69) is 80.6 Å². The van der Waals surface area contributed by atoms with Crippen molar-refractivity contribution < 1.29 is 24.2 Å². The van der Waals surface area contributed by atoms with Gasteiger partial charge in [-0.2, -0.15) is 42.0 Å². The second kappa shape index (κ2) is 12.5. The summed E-state index contributed by atoms with van der Waals surface area (Å²) in [4.78, 5) is 0. The molecule has 0 fully saturated rings. The minimum atomic E-state index is 1.01. The molecule has 5 rings (SSSR count). The van der Waals surface area contributed by atoms with Crippen molar-refractivity contribution in [3.05, 3.63) is 108 Å². The van der Waals surface area contributed by atoms with Crippen molar-refractivity contribution >= 4 is 3.21 Å². The fraction of sp³-hybridized carbons (Fsp3) is 0.192. The monoisotopic (exact) mass is 427 g/mol. The van der Waals surface area contributed by atoms with E-state index in [1.807, 2.05) is 30.4 Å². The van der Waals surface area contributed by atoms with Crippen LogP contribution in [0.25, 0.3) is 11.1 Å². The van der Waals surface area contributed by atoms with Gasteiger partial charge in [-0.3, -0.25) is 12.2 Å². The number of allylic oxidation sites excluding steroid dienone is 8. The second-order valence-corrected chi connectivity index (χ2v) is 8.86. The summed E-state index contributed by atoms with van der Waals surface area (Å²) in [5, 5.41) is 0. The first-order chi connectivity index (χ1) is 13.2. The number of fused-ring (bicyclic) bond motifs is 3. The summed E-state index contributed by atoms with van der Waals surface area (Å²) in [6.45, 7) is 4.25. The molecular formula is C26H25Zr-3. The number of benzene rings is 2. The first-order valence-electron chi connectivity index (χ1n) is 9.21. The van der Waals surface area contributed by atoms with Crippen molar-refractivity contribution in [3.8, 4) is 11.1 Å². The molecule has 3 aliphatic carbocycles. The average molecular weight is 429 g/mol. The van der Waals surface area contributed by atoms with Crippen LogP contribution in [0.15, 0.2) is 78.9 Å². The van der Waals surface area contributed by atoms with E-state index in [4.69, 9.17) is 0 Å². The first-order valence-corrected chi connectivity index (χ1v) is 10.4. The van der Waals surface area contributed by atoms with Crippen LogP contribution in [0.5, 0.6) is 0 Å². The maximum Gasteiger partial charge on any atom is -0.0253 e. The first kappa shape index (κ1) is 21.5. The number of hydrogen-bond acceptors (Lipinski definition) is 0. The Morgan fingerprint density at radius 3 is 1.96 bits per heavy atom. The van der Waals surface area contributed by atoms with E-state index in [0.29, 0.717) is 0 Å². The maximum absolute atomic E-state index is 3.30. The van der Waals surface area contributed by atoms with Crippen LogP contribution in [-0.4, -0.2) is 3.21 Å². The van der Waals surface area contributed by atoms with Gasteiger partial charge in [-0.05, 0) is 6.42 Å². The Bertz CT molecular complexity index is 761. The molecule has 0 N–H and O–H groups in total. The third kappa shape index (κ3) is 8.14. The predicted octanol–water partition coefficient (Wildman–Crippen LogP) is 6.41. The molecule has 0 bridgehead atoms. The van der Waals surface area contributed by atoms with E-state index in [1.165, 1.54) is 25.5 Å². The summed E-state index contributed by atoms with van der Waals surface area (Å²) < 4.78 is 1.51. The molecule has 2 aromatic carbocycles. The van der Waals surface area contributed by atoms with Crippen LogP contribution < -0.4 is 0 Å². The molecule has 0 heterocycles. The van der Waals surface area contributed by atoms with Crippen molar-refractivity contribution in [3.63, 3.8) is 0 Å². The third-order valence-corrected chi connectivity index (χ3v) is 3.79. The van der Waals surface area contributed by atoms with Crippen LogP contribution in [0, 0.1) is 18.2 Å². The van der Waals surface area contributed by atoms with Crippen LogP contribution in [0.2, 0.25) is 0 Å². The minimum absolute atomic E-state index is 1.01. The Balaban J connectivity index is 0.000000155. The van der Waals surface area contributed by atoms with Gasteiger partial charge in [0, 0.05) is 0 Å². The van der Waals surface area contributed by atoms with Crippen molar-refractivity contribution in [2.45, 2.75) is 33.1 Å². The Labute approximate surface area is 179 Å². The normalized spacial score (nSPS) is 13.4. The van der Waals surface area contributed by atoms with Gasteiger partial charge in [0.25, 0.3) is 0 Å². The van der Waals surface area contributed by atoms with Crippen LogP contribution in [0.3, 0.4) is 0 Å². The molecule has 0 atom stereocenters. The molecule has 0 spiro atoms. The molecule has 27 heavy (non-hydrogen) atoms. The van der Waals surface area contributed by atoms with Crippen LogP contribution in [0.1, 0.15) is 37.8 Å². The van der Waals surface area contributed by atoms with Gasteiger partial charge in [0.15, 0.2) is 0 Å². The summed E-state index contributed by atoms with van der Waals surface area (Å²) in [5.41, 5.74) is 5.51. The van der Waals surface area contributed by atoms with Crippen molar-refractivity contribution in [2.75, 3.05) is 0 Å². The summed E-state index contributed by atoms with van der Waals surface area (Å²) in [6, 6.07) is 18.1. The standard InChI is InChI=1S/C13H9.2C5H5.C3H6.Zr/c1-3-7-12-10(5-1)9-11-6-2-4-8-13(11)12;2*1-2-4-5-3-1;1-3-2;/h1-5,7-8H,9H2;2*1-3H,4H2;1-2H3;/q3*-1;;. The summed E-state index contributed by atoms with van der Waals surface area (Å²) in [6.07, 6.45) is 21.0. The van der Waals surface area contributed by atoms with Gasteiger partial charge in [0.2, 0.25) is 0 Å². The fourth-order valence-electron chi connectivity index (χ4n) is 2.68. The second-order valence-electron chi connectivity index (χ2n) is 6.40. The van der Waals surface area contributed by atoms with E-state index in [0.717, 1.165) is 19.3 Å². The van der Waals surface area contributed by atoms with Gasteiger partial charge < -0.3 is 0 Å². The zero-order valence-corrected chi connectivity index (χ0v) is 18.6. The molecule has 0 aromatic heterocycles. The van der Waals surface area contributed by atoms with Gasteiger partial charge >= 0.3 is 41.3 Å². The summed E-state index contributed by atoms with van der Waals surface area (Å²) >= 11 is 1.55. The SMILES string of the molecule is C[C](C)=[Zr].[C-]1=CC=CC1.[C-]1=CC=CC1.[c-]1cccc2c1Cc1ccccc1-2. The van der Waals surface area contributed by atoms with E-state index in [1.54, 1.807) is 24.2 Å². The Morgan fingerprint density at radius 1 is 0.852 bits per heavy atom. The van der Waals surface area contributed by atoms with Gasteiger partial charge in [0.1, 0.15) is 0 Å². The van der Waals surface area contributed by atoms with Crippen LogP contribution in [0.4, 0.5) is 0 Å². The topological polar surface area (TPSA) is 0 Å². The number of rotatable bonds is 0. The molecule has 0 aliphatic heterocycles. The Kier molecular flexibility index (Phi) is 9.95. The van der Waals surface area contributed by atoms with E-state index in [9.17, 15) is 0 Å². The van der Waals surface area contributed by atoms with Crippen molar-refractivity contribution in [2.24, 2.45) is 0 Å². The smallest absolute Gasteiger partial charge is 0.0253 e. The predicted molar refractivity (Wildman–Crippen MR) is 113 cm³/mol. The van der Waals surface area contributed by atoms with Crippen molar-refractivity contribution in [1.29, 1.82) is 0 Å². The van der Waals surface area contributed by atoms with E-state index in [-0.39, 0.29) is 0 Å². The summed E-state index contributed by atoms with van der Waals surface area (Å²) in [7, 11) is 0. The van der Waals surface area contributed by atoms with Gasteiger partial charge in [-0.15, -0.1) is 18.4 Å². The van der Waals surface area contributed by atoms with E-state index < -0.39 is 0 Å². The Morgan fingerprint density at radius 2 is 1.44 bits per heavy atom. The molecule has 0 saturated carbocycles. The molecule has 2 aromatic rings. The van der Waals surface area contributed by atoms with Gasteiger partial charge in [-0.1, -0.05) is 35.4 Å². The molecule has 0 radical (unpaired) electrons. The average Bonchev–Trinajstić information content (AvgIpc) is 3.45. The van der Waals surface area contributed by atoms with Gasteiger partial charge in [0.05, 0.1) is 0 Å². The largest absolute Gasteiger partial charge is 0.273 e. The molecular weight excluding hydrogens is 404 g/mol. The molecule has 0 saturated heterocycles. The quantitative estimate of drug-likeness (QED) is 0.363.